The normalized spacial score (nSPS) is 11.0. The Labute approximate surface area is 210 Å². The number of nitrogens with zero attached hydrogens (tertiary/aromatic N) is 5. The number of hydrogen-bond donors (Lipinski definition) is 2. The third-order valence-corrected chi connectivity index (χ3v) is 6.18. The number of fused-ring (bicyclic) bond motifs is 1. The van der Waals surface area contributed by atoms with Crippen LogP contribution in [0.3, 0.4) is 0 Å². The van der Waals surface area contributed by atoms with Gasteiger partial charge < -0.3 is 20.7 Å². The van der Waals surface area contributed by atoms with Crippen molar-refractivity contribution in [2.75, 3.05) is 17.9 Å². The minimum atomic E-state index is 0.242. The molecule has 0 unspecified atom stereocenters. The molecule has 0 fully saturated rings. The summed E-state index contributed by atoms with van der Waals surface area (Å²) in [6.45, 7) is 0.242. The molecule has 2 N–H and O–H groups in total. The Bertz CT molecular complexity index is 1510. The topological polar surface area (TPSA) is 113 Å². The maximum atomic E-state index is 11.2. The van der Waals surface area contributed by atoms with Gasteiger partial charge >= 0.3 is 0 Å². The fourth-order valence-electron chi connectivity index (χ4n) is 3.68. The largest absolute Gasteiger partial charge is 0.761 e. The number of nitrogens with one attached hydrogen (secondary N) is 2. The first-order valence-electron chi connectivity index (χ1n) is 10.5. The average molecular weight is 507 g/mol. The van der Waals surface area contributed by atoms with Gasteiger partial charge in [-0.15, -0.1) is 0 Å². The second-order valence-electron chi connectivity index (χ2n) is 7.48. The zero-order valence-electron chi connectivity index (χ0n) is 18.4. The van der Waals surface area contributed by atoms with E-state index in [1.165, 1.54) is 6.07 Å². The molecule has 11 heteroatoms. The summed E-state index contributed by atoms with van der Waals surface area (Å²) in [4.78, 5) is 13.2. The maximum Gasteiger partial charge on any atom is 0.183 e. The van der Waals surface area contributed by atoms with Crippen LogP contribution in [0.5, 0.6) is 5.75 Å². The molecule has 5 aromatic rings. The quantitative estimate of drug-likeness (QED) is 0.262. The van der Waals surface area contributed by atoms with Crippen LogP contribution in [0, 0.1) is 5.21 Å². The first-order chi connectivity index (χ1) is 17.1. The summed E-state index contributed by atoms with van der Waals surface area (Å²) in [5, 5.41) is 20.8. The van der Waals surface area contributed by atoms with E-state index < -0.39 is 0 Å². The second kappa shape index (κ2) is 9.75. The average Bonchev–Trinajstić information content (AvgIpc) is 3.26. The van der Waals surface area contributed by atoms with Crippen molar-refractivity contribution in [2.45, 2.75) is 6.54 Å². The van der Waals surface area contributed by atoms with Gasteiger partial charge in [0.25, 0.3) is 0 Å². The van der Waals surface area contributed by atoms with E-state index in [1.807, 2.05) is 41.9 Å². The Morgan fingerprint density at radius 3 is 2.63 bits per heavy atom. The van der Waals surface area contributed by atoms with E-state index >= 15 is 0 Å². The number of ether oxygens (including phenoxy) is 1. The van der Waals surface area contributed by atoms with Gasteiger partial charge in [0.05, 0.1) is 30.4 Å². The third kappa shape index (κ3) is 4.44. The molecule has 3 heterocycles. The number of pyridine rings is 1. The van der Waals surface area contributed by atoms with E-state index in [0.29, 0.717) is 33.7 Å². The molecule has 5 rings (SSSR count). The van der Waals surface area contributed by atoms with Crippen molar-refractivity contribution in [3.63, 3.8) is 0 Å². The fraction of sp³-hybridized carbons (Fsp3) is 0.0833. The third-order valence-electron chi connectivity index (χ3n) is 5.39. The molecule has 0 bridgehead atoms. The highest BCUT2D eigenvalue weighted by Gasteiger charge is 2.19. The number of methoxy groups -OCH3 is 1. The molecule has 3 aromatic heterocycles. The summed E-state index contributed by atoms with van der Waals surface area (Å²) in [6, 6.07) is 14.5. The number of benzene rings is 2. The van der Waals surface area contributed by atoms with Gasteiger partial charge in [0.2, 0.25) is 0 Å². The summed E-state index contributed by atoms with van der Waals surface area (Å²) in [6.07, 6.45) is 4.95. The minimum absolute atomic E-state index is 0.242. The first kappa shape index (κ1) is 22.9. The first-order valence-corrected chi connectivity index (χ1v) is 11.2. The molecule has 9 nitrogen and oxygen atoms in total. The zero-order valence-corrected chi connectivity index (χ0v) is 19.9. The molecule has 0 atom stereocenters. The molecule has 0 aliphatic heterocycles. The second-order valence-corrected chi connectivity index (χ2v) is 8.27. The van der Waals surface area contributed by atoms with Gasteiger partial charge in [-0.05, 0) is 30.3 Å². The number of halogens is 2. The SMILES string of the molecule is COc1cnc(-c2nn(Cc3c(Cl)ccc(N[O-])c3Cl)c3ccccc23)nc1Nc1ccncc1. The van der Waals surface area contributed by atoms with Gasteiger partial charge in [-0.25, -0.2) is 9.97 Å². The van der Waals surface area contributed by atoms with E-state index in [9.17, 15) is 5.21 Å². The van der Waals surface area contributed by atoms with Crippen LogP contribution in [-0.2, 0) is 6.54 Å². The van der Waals surface area contributed by atoms with Crippen molar-refractivity contribution in [2.24, 2.45) is 0 Å². The van der Waals surface area contributed by atoms with E-state index in [-0.39, 0.29) is 17.3 Å². The van der Waals surface area contributed by atoms with Crippen molar-refractivity contribution in [3.8, 4) is 17.3 Å². The summed E-state index contributed by atoms with van der Waals surface area (Å²) >= 11 is 12.8. The van der Waals surface area contributed by atoms with Gasteiger partial charge in [-0.2, -0.15) is 5.10 Å². The lowest BCUT2D eigenvalue weighted by atomic mass is 10.1. The summed E-state index contributed by atoms with van der Waals surface area (Å²) in [5.74, 6) is 1.38. The number of para-hydroxylation sites is 1. The monoisotopic (exact) mass is 506 g/mol. The molecule has 0 aliphatic carbocycles. The smallest absolute Gasteiger partial charge is 0.183 e. The molecule has 0 saturated carbocycles. The number of anilines is 3. The van der Waals surface area contributed by atoms with E-state index in [1.54, 1.807) is 36.4 Å². The standard InChI is InChI=1S/C24H18Cl2N7O2/c1-35-20-12-28-24(30-23(20)29-14-8-10-27-11-9-14)22-15-4-2-3-5-19(15)33(31-22)13-16-17(25)6-7-18(32-34)21(16)26/h2-12,32H,13H2,1H3,(H,27,28,29,30)/q-1. The summed E-state index contributed by atoms with van der Waals surface area (Å²) in [5.41, 5.74) is 4.87. The van der Waals surface area contributed by atoms with Gasteiger partial charge in [-0.1, -0.05) is 41.4 Å². The molecule has 176 valence electrons. The highest BCUT2D eigenvalue weighted by Crippen LogP contribution is 2.35. The van der Waals surface area contributed by atoms with Crippen LogP contribution in [-0.4, -0.2) is 31.8 Å². The molecule has 0 aliphatic rings. The van der Waals surface area contributed by atoms with Crippen molar-refractivity contribution >= 4 is 51.3 Å². The van der Waals surface area contributed by atoms with Crippen molar-refractivity contribution in [3.05, 3.63) is 87.9 Å². The predicted molar refractivity (Wildman–Crippen MR) is 137 cm³/mol. The molecule has 0 amide bonds. The molecule has 35 heavy (non-hydrogen) atoms. The van der Waals surface area contributed by atoms with Crippen LogP contribution >= 0.6 is 23.2 Å². The predicted octanol–water partition coefficient (Wildman–Crippen LogP) is 5.91. The highest BCUT2D eigenvalue weighted by molar-refractivity contribution is 6.37. The van der Waals surface area contributed by atoms with Gasteiger partial charge in [0.1, 0.15) is 5.69 Å². The van der Waals surface area contributed by atoms with Crippen LogP contribution in [0.2, 0.25) is 10.0 Å². The summed E-state index contributed by atoms with van der Waals surface area (Å²) in [7, 11) is 1.55. The fourth-order valence-corrected chi connectivity index (χ4v) is 4.21. The lowest BCUT2D eigenvalue weighted by Gasteiger charge is -2.16. The van der Waals surface area contributed by atoms with Crippen molar-refractivity contribution < 1.29 is 4.74 Å². The Morgan fingerprint density at radius 1 is 1.06 bits per heavy atom. The van der Waals surface area contributed by atoms with Crippen LogP contribution in [0.15, 0.2) is 67.1 Å². The van der Waals surface area contributed by atoms with E-state index in [4.69, 9.17) is 38.0 Å². The number of rotatable bonds is 7. The van der Waals surface area contributed by atoms with Crippen molar-refractivity contribution in [1.82, 2.24) is 24.7 Å². The summed E-state index contributed by atoms with van der Waals surface area (Å²) < 4.78 is 7.20. The minimum Gasteiger partial charge on any atom is -0.761 e. The molecule has 2 aromatic carbocycles. The van der Waals surface area contributed by atoms with Gasteiger partial charge in [0, 0.05) is 39.7 Å². The Balaban J connectivity index is 1.60. The van der Waals surface area contributed by atoms with Gasteiger partial charge in [0.15, 0.2) is 17.4 Å². The Hall–Kier alpha value is -3.92. The van der Waals surface area contributed by atoms with Crippen LogP contribution in [0.4, 0.5) is 17.2 Å². The Kier molecular flexibility index (Phi) is 6.37. The number of aromatic nitrogens is 5. The molecule has 0 spiro atoms. The van der Waals surface area contributed by atoms with E-state index in [2.05, 4.69) is 15.3 Å². The Morgan fingerprint density at radius 2 is 1.86 bits per heavy atom. The van der Waals surface area contributed by atoms with Crippen molar-refractivity contribution in [1.29, 1.82) is 0 Å². The molecular weight excluding hydrogens is 489 g/mol. The van der Waals surface area contributed by atoms with E-state index in [0.717, 1.165) is 16.6 Å². The number of hydrogen-bond acceptors (Lipinski definition) is 8. The van der Waals surface area contributed by atoms with Gasteiger partial charge in [-0.3, -0.25) is 9.67 Å². The molecular formula is C24H18Cl2N7O2-. The lowest BCUT2D eigenvalue weighted by molar-refractivity contribution is 0.413. The van der Waals surface area contributed by atoms with Crippen LogP contribution in [0.1, 0.15) is 5.56 Å². The molecule has 0 radical (unpaired) electrons. The zero-order chi connectivity index (χ0) is 24.4. The van der Waals surface area contributed by atoms with Crippen LogP contribution < -0.4 is 15.5 Å². The van der Waals surface area contributed by atoms with Crippen LogP contribution in [0.25, 0.3) is 22.4 Å². The lowest BCUT2D eigenvalue weighted by Crippen LogP contribution is -2.05. The molecule has 0 saturated heterocycles. The maximum absolute atomic E-state index is 11.2. The highest BCUT2D eigenvalue weighted by atomic mass is 35.5.